The Morgan fingerprint density at radius 2 is 1.90 bits per heavy atom. The van der Waals surface area contributed by atoms with Gasteiger partial charge in [-0.3, -0.25) is 4.79 Å². The number of hydrogen-bond donors (Lipinski definition) is 0. The molecule has 1 aromatic carbocycles. The average Bonchev–Trinajstić information content (AvgIpc) is 2.47. The minimum atomic E-state index is -0.0790. The fraction of sp³-hybridized carbons (Fsp3) is 0.588. The Bertz CT molecular complexity index is 438. The van der Waals surface area contributed by atoms with Crippen LogP contribution in [0.3, 0.4) is 0 Å². The first kappa shape index (κ1) is 15.0. The van der Waals surface area contributed by atoms with E-state index < -0.39 is 0 Å². The Labute approximate surface area is 121 Å². The van der Waals surface area contributed by atoms with Crippen LogP contribution >= 0.6 is 0 Å². The van der Waals surface area contributed by atoms with E-state index >= 15 is 0 Å². The number of amides is 1. The second-order valence-corrected chi connectivity index (χ2v) is 6.25. The summed E-state index contributed by atoms with van der Waals surface area (Å²) in [5.74, 6) is 0.119. The SMILES string of the molecule is CC(C(=O)N(C)CC1(C)CCOCC1)c1ccccc1. The Hall–Kier alpha value is -1.35. The van der Waals surface area contributed by atoms with Gasteiger partial charge in [0.05, 0.1) is 5.92 Å². The molecule has 0 aliphatic carbocycles. The monoisotopic (exact) mass is 275 g/mol. The van der Waals surface area contributed by atoms with Crippen LogP contribution in [-0.2, 0) is 9.53 Å². The van der Waals surface area contributed by atoms with Gasteiger partial charge in [0.1, 0.15) is 0 Å². The number of carbonyl (C=O) groups excluding carboxylic acids is 1. The molecule has 3 heteroatoms. The molecule has 0 N–H and O–H groups in total. The van der Waals surface area contributed by atoms with E-state index in [0.29, 0.717) is 0 Å². The van der Waals surface area contributed by atoms with Gasteiger partial charge in [-0.25, -0.2) is 0 Å². The van der Waals surface area contributed by atoms with Gasteiger partial charge in [-0.1, -0.05) is 37.3 Å². The fourth-order valence-corrected chi connectivity index (χ4v) is 2.89. The Morgan fingerprint density at radius 3 is 2.50 bits per heavy atom. The van der Waals surface area contributed by atoms with Crippen molar-refractivity contribution in [1.82, 2.24) is 4.90 Å². The molecule has 1 amide bonds. The van der Waals surface area contributed by atoms with Crippen molar-refractivity contribution in [2.45, 2.75) is 32.6 Å². The number of carbonyl (C=O) groups is 1. The van der Waals surface area contributed by atoms with Crippen LogP contribution in [0.4, 0.5) is 0 Å². The smallest absolute Gasteiger partial charge is 0.229 e. The molecule has 1 aliphatic heterocycles. The van der Waals surface area contributed by atoms with E-state index in [2.05, 4.69) is 6.92 Å². The normalized spacial score (nSPS) is 19.4. The van der Waals surface area contributed by atoms with E-state index in [4.69, 9.17) is 4.74 Å². The first-order chi connectivity index (χ1) is 9.52. The van der Waals surface area contributed by atoms with Gasteiger partial charge in [0.25, 0.3) is 0 Å². The molecule has 20 heavy (non-hydrogen) atoms. The van der Waals surface area contributed by atoms with Gasteiger partial charge in [-0.05, 0) is 30.7 Å². The molecule has 0 spiro atoms. The molecule has 1 aliphatic rings. The maximum Gasteiger partial charge on any atom is 0.229 e. The quantitative estimate of drug-likeness (QED) is 0.845. The van der Waals surface area contributed by atoms with Crippen molar-refractivity contribution >= 4 is 5.91 Å². The topological polar surface area (TPSA) is 29.5 Å². The zero-order chi connectivity index (χ0) is 14.6. The largest absolute Gasteiger partial charge is 0.381 e. The van der Waals surface area contributed by atoms with Crippen molar-refractivity contribution in [2.24, 2.45) is 5.41 Å². The lowest BCUT2D eigenvalue weighted by molar-refractivity contribution is -0.133. The van der Waals surface area contributed by atoms with E-state index in [9.17, 15) is 4.79 Å². The van der Waals surface area contributed by atoms with Crippen LogP contribution in [0.5, 0.6) is 0 Å². The number of rotatable bonds is 4. The first-order valence-corrected chi connectivity index (χ1v) is 7.39. The number of ether oxygens (including phenoxy) is 1. The third-order valence-corrected chi connectivity index (χ3v) is 4.37. The summed E-state index contributed by atoms with van der Waals surface area (Å²) in [6.45, 7) is 6.68. The van der Waals surface area contributed by atoms with Crippen LogP contribution in [0.15, 0.2) is 30.3 Å². The van der Waals surface area contributed by atoms with E-state index in [0.717, 1.165) is 38.2 Å². The highest BCUT2D eigenvalue weighted by Crippen LogP contribution is 2.31. The number of benzene rings is 1. The third-order valence-electron chi connectivity index (χ3n) is 4.37. The van der Waals surface area contributed by atoms with Gasteiger partial charge in [0.2, 0.25) is 5.91 Å². The Morgan fingerprint density at radius 1 is 1.30 bits per heavy atom. The maximum atomic E-state index is 12.6. The summed E-state index contributed by atoms with van der Waals surface area (Å²) in [6, 6.07) is 9.99. The molecule has 1 unspecified atom stereocenters. The number of nitrogens with zero attached hydrogens (tertiary/aromatic N) is 1. The minimum Gasteiger partial charge on any atom is -0.381 e. The molecule has 0 aromatic heterocycles. The summed E-state index contributed by atoms with van der Waals surface area (Å²) in [5, 5.41) is 0. The highest BCUT2D eigenvalue weighted by atomic mass is 16.5. The van der Waals surface area contributed by atoms with E-state index in [1.54, 1.807) is 0 Å². The molecular weight excluding hydrogens is 250 g/mol. The maximum absolute atomic E-state index is 12.6. The first-order valence-electron chi connectivity index (χ1n) is 7.39. The molecule has 1 heterocycles. The van der Waals surface area contributed by atoms with Gasteiger partial charge in [-0.2, -0.15) is 0 Å². The van der Waals surface area contributed by atoms with Gasteiger partial charge in [0, 0.05) is 26.8 Å². The standard InChI is InChI=1S/C17H25NO2/c1-14(15-7-5-4-6-8-15)16(19)18(3)13-17(2)9-11-20-12-10-17/h4-8,14H,9-13H2,1-3H3. The van der Waals surface area contributed by atoms with Gasteiger partial charge in [-0.15, -0.1) is 0 Å². The zero-order valence-electron chi connectivity index (χ0n) is 12.8. The molecule has 1 saturated heterocycles. The third kappa shape index (κ3) is 3.60. The summed E-state index contributed by atoms with van der Waals surface area (Å²) in [7, 11) is 1.92. The van der Waals surface area contributed by atoms with Crippen molar-refractivity contribution in [3.8, 4) is 0 Å². The molecule has 0 saturated carbocycles. The fourth-order valence-electron chi connectivity index (χ4n) is 2.89. The molecule has 110 valence electrons. The van der Waals surface area contributed by atoms with Gasteiger partial charge in [0.15, 0.2) is 0 Å². The molecular formula is C17H25NO2. The minimum absolute atomic E-state index is 0.0790. The van der Waals surface area contributed by atoms with E-state index in [1.165, 1.54) is 0 Å². The lowest BCUT2D eigenvalue weighted by Gasteiger charge is -2.37. The summed E-state index contributed by atoms with van der Waals surface area (Å²) >= 11 is 0. The van der Waals surface area contributed by atoms with E-state index in [1.807, 2.05) is 49.2 Å². The van der Waals surface area contributed by atoms with Gasteiger partial charge >= 0.3 is 0 Å². The van der Waals surface area contributed by atoms with Crippen LogP contribution in [0.25, 0.3) is 0 Å². The summed E-state index contributed by atoms with van der Waals surface area (Å²) in [5.41, 5.74) is 1.28. The van der Waals surface area contributed by atoms with Crippen LogP contribution in [-0.4, -0.2) is 37.6 Å². The molecule has 1 aromatic rings. The molecule has 0 bridgehead atoms. The Balaban J connectivity index is 1.98. The predicted molar refractivity (Wildman–Crippen MR) is 80.7 cm³/mol. The van der Waals surface area contributed by atoms with Crippen molar-refractivity contribution in [3.63, 3.8) is 0 Å². The highest BCUT2D eigenvalue weighted by molar-refractivity contribution is 5.83. The van der Waals surface area contributed by atoms with E-state index in [-0.39, 0.29) is 17.2 Å². The summed E-state index contributed by atoms with van der Waals surface area (Å²) in [4.78, 5) is 14.4. The number of hydrogen-bond acceptors (Lipinski definition) is 2. The predicted octanol–water partition coefficient (Wildman–Crippen LogP) is 3.07. The van der Waals surface area contributed by atoms with Crippen molar-refractivity contribution in [1.29, 1.82) is 0 Å². The zero-order valence-corrected chi connectivity index (χ0v) is 12.8. The van der Waals surface area contributed by atoms with Crippen LogP contribution in [0.1, 0.15) is 38.2 Å². The van der Waals surface area contributed by atoms with Crippen molar-refractivity contribution in [2.75, 3.05) is 26.8 Å². The van der Waals surface area contributed by atoms with Crippen LogP contribution < -0.4 is 0 Å². The lowest BCUT2D eigenvalue weighted by Crippen LogP contribution is -2.41. The van der Waals surface area contributed by atoms with Crippen LogP contribution in [0, 0.1) is 5.41 Å². The second kappa shape index (κ2) is 6.40. The van der Waals surface area contributed by atoms with Crippen LogP contribution in [0.2, 0.25) is 0 Å². The van der Waals surface area contributed by atoms with Crippen molar-refractivity contribution < 1.29 is 9.53 Å². The van der Waals surface area contributed by atoms with Gasteiger partial charge < -0.3 is 9.64 Å². The molecule has 1 atom stereocenters. The summed E-state index contributed by atoms with van der Waals surface area (Å²) in [6.07, 6.45) is 2.06. The summed E-state index contributed by atoms with van der Waals surface area (Å²) < 4.78 is 5.42. The highest BCUT2D eigenvalue weighted by Gasteiger charge is 2.31. The molecule has 0 radical (unpaired) electrons. The molecule has 2 rings (SSSR count). The average molecular weight is 275 g/mol. The second-order valence-electron chi connectivity index (χ2n) is 6.25. The Kier molecular flexibility index (Phi) is 4.81. The molecule has 1 fully saturated rings. The lowest BCUT2D eigenvalue weighted by atomic mass is 9.81. The molecule has 3 nitrogen and oxygen atoms in total. The van der Waals surface area contributed by atoms with Crippen molar-refractivity contribution in [3.05, 3.63) is 35.9 Å². The number of likely N-dealkylation sites (N-methyl/N-ethyl adjacent to an activating group) is 1.